The third-order valence-corrected chi connectivity index (χ3v) is 5.58. The summed E-state index contributed by atoms with van der Waals surface area (Å²) in [6, 6.07) is 4.13. The zero-order chi connectivity index (χ0) is 23.5. The third-order valence-electron chi connectivity index (χ3n) is 5.31. The number of nitrogens with zero attached hydrogens (tertiary/aromatic N) is 3. The van der Waals surface area contributed by atoms with Crippen molar-refractivity contribution in [2.75, 3.05) is 23.3 Å². The van der Waals surface area contributed by atoms with Crippen LogP contribution in [0.5, 0.6) is 0 Å². The number of Topliss-reactive ketones (excluding diaryl/α,β-unsaturated/α-hetero) is 1. The maximum absolute atomic E-state index is 12.9. The van der Waals surface area contributed by atoms with Crippen molar-refractivity contribution < 1.29 is 22.8 Å². The molecule has 1 atom stereocenters. The first-order valence-corrected chi connectivity index (χ1v) is 10.7. The number of piperidine rings is 1. The number of alkyl halides is 3. The molecule has 1 aliphatic heterocycles. The lowest BCUT2D eigenvalue weighted by atomic mass is 9.91. The Morgan fingerprint density at radius 1 is 1.28 bits per heavy atom. The molecule has 6 nitrogen and oxygen atoms in total. The molecule has 0 bridgehead atoms. The van der Waals surface area contributed by atoms with Crippen molar-refractivity contribution in [2.45, 2.75) is 45.7 Å². The summed E-state index contributed by atoms with van der Waals surface area (Å²) in [6.07, 6.45) is -1.59. The summed E-state index contributed by atoms with van der Waals surface area (Å²) in [4.78, 5) is 34.6. The molecule has 1 saturated heterocycles. The number of carbonyl (C=O) groups excluding carboxylic acids is 2. The van der Waals surface area contributed by atoms with Crippen LogP contribution in [-0.4, -0.2) is 34.7 Å². The summed E-state index contributed by atoms with van der Waals surface area (Å²) in [5.74, 6) is 0.358. The van der Waals surface area contributed by atoms with E-state index in [-0.39, 0.29) is 29.1 Å². The lowest BCUT2D eigenvalue weighted by Gasteiger charge is -2.34. The third kappa shape index (κ3) is 5.97. The molecule has 0 saturated carbocycles. The highest BCUT2D eigenvalue weighted by Crippen LogP contribution is 2.35. The Kier molecular flexibility index (Phi) is 7.38. The minimum atomic E-state index is -4.51. The fraction of sp³-hybridized carbons (Fsp3) is 0.455. The first-order valence-electron chi connectivity index (χ1n) is 10.4. The molecular weight excluding hydrogens is 445 g/mol. The van der Waals surface area contributed by atoms with Crippen molar-refractivity contribution in [3.05, 3.63) is 46.2 Å². The molecular formula is C22H24ClF3N4O2. The van der Waals surface area contributed by atoms with Gasteiger partial charge in [0, 0.05) is 43.4 Å². The molecule has 10 heteroatoms. The molecule has 172 valence electrons. The SMILES string of the molecule is CCC(=O)Nc1cc(C(=O)C[C@@H]2CCCN(c3ncc(C(F)(F)F)cc3Cl)C2)cc(C)n1. The van der Waals surface area contributed by atoms with Gasteiger partial charge in [-0.15, -0.1) is 0 Å². The predicted molar refractivity (Wildman–Crippen MR) is 116 cm³/mol. The highest BCUT2D eigenvalue weighted by atomic mass is 35.5. The number of hydrogen-bond acceptors (Lipinski definition) is 5. The maximum atomic E-state index is 12.9. The van der Waals surface area contributed by atoms with E-state index >= 15 is 0 Å². The zero-order valence-electron chi connectivity index (χ0n) is 17.8. The molecule has 2 aromatic rings. The minimum Gasteiger partial charge on any atom is -0.355 e. The maximum Gasteiger partial charge on any atom is 0.417 e. The Morgan fingerprint density at radius 3 is 2.69 bits per heavy atom. The fourth-order valence-corrected chi connectivity index (χ4v) is 4.03. The van der Waals surface area contributed by atoms with Gasteiger partial charge in [0.15, 0.2) is 5.78 Å². The number of ketones is 1. The molecule has 3 heterocycles. The largest absolute Gasteiger partial charge is 0.417 e. The molecule has 0 radical (unpaired) electrons. The van der Waals surface area contributed by atoms with Crippen LogP contribution in [0.2, 0.25) is 5.02 Å². The molecule has 0 aliphatic carbocycles. The number of nitrogens with one attached hydrogen (secondary N) is 1. The Balaban J connectivity index is 1.70. The van der Waals surface area contributed by atoms with Crippen LogP contribution in [0.3, 0.4) is 0 Å². The Morgan fingerprint density at radius 2 is 2.03 bits per heavy atom. The molecule has 0 unspecified atom stereocenters. The molecule has 1 amide bonds. The standard InChI is InChI=1S/C22H24ClF3N4O2/c1-3-20(32)29-19-9-15(7-13(2)28-19)18(31)8-14-5-4-6-30(12-14)21-17(23)10-16(11-27-21)22(24,25)26/h7,9-11,14H,3-6,8,12H2,1-2H3,(H,28,29,32)/t14-/m0/s1. The molecule has 0 spiro atoms. The van der Waals surface area contributed by atoms with Gasteiger partial charge in [-0.3, -0.25) is 9.59 Å². The molecule has 1 N–H and O–H groups in total. The van der Waals surface area contributed by atoms with Crippen molar-refractivity contribution in [1.82, 2.24) is 9.97 Å². The van der Waals surface area contributed by atoms with E-state index in [0.29, 0.717) is 42.4 Å². The van der Waals surface area contributed by atoms with Gasteiger partial charge in [0.2, 0.25) is 5.91 Å². The van der Waals surface area contributed by atoms with Crippen molar-refractivity contribution in [2.24, 2.45) is 5.92 Å². The number of pyridine rings is 2. The normalized spacial score (nSPS) is 16.7. The Hall–Kier alpha value is -2.68. The van der Waals surface area contributed by atoms with E-state index in [9.17, 15) is 22.8 Å². The van der Waals surface area contributed by atoms with E-state index in [4.69, 9.17) is 11.6 Å². The van der Waals surface area contributed by atoms with Crippen LogP contribution in [0.1, 0.15) is 54.2 Å². The quantitative estimate of drug-likeness (QED) is 0.582. The second-order valence-corrected chi connectivity index (χ2v) is 8.30. The molecule has 0 aromatic carbocycles. The monoisotopic (exact) mass is 468 g/mol. The minimum absolute atomic E-state index is 0.00133. The van der Waals surface area contributed by atoms with Crippen molar-refractivity contribution in [3.63, 3.8) is 0 Å². The zero-order valence-corrected chi connectivity index (χ0v) is 18.6. The topological polar surface area (TPSA) is 75.2 Å². The summed E-state index contributed by atoms with van der Waals surface area (Å²) in [7, 11) is 0. The van der Waals surface area contributed by atoms with Gasteiger partial charge >= 0.3 is 6.18 Å². The summed E-state index contributed by atoms with van der Waals surface area (Å²) in [5.41, 5.74) is 0.189. The van der Waals surface area contributed by atoms with Crippen LogP contribution >= 0.6 is 11.6 Å². The first-order chi connectivity index (χ1) is 15.1. The lowest BCUT2D eigenvalue weighted by Crippen LogP contribution is -2.37. The van der Waals surface area contributed by atoms with E-state index in [0.717, 1.165) is 25.1 Å². The lowest BCUT2D eigenvalue weighted by molar-refractivity contribution is -0.137. The van der Waals surface area contributed by atoms with Crippen molar-refractivity contribution in [1.29, 1.82) is 0 Å². The first kappa shape index (κ1) is 24.0. The highest BCUT2D eigenvalue weighted by molar-refractivity contribution is 6.33. The summed E-state index contributed by atoms with van der Waals surface area (Å²) in [6.45, 7) is 4.54. The van der Waals surface area contributed by atoms with Crippen LogP contribution in [0.25, 0.3) is 0 Å². The average molecular weight is 469 g/mol. The van der Waals surface area contributed by atoms with Gasteiger partial charge in [-0.1, -0.05) is 18.5 Å². The fourth-order valence-electron chi connectivity index (χ4n) is 3.75. The van der Waals surface area contributed by atoms with E-state index in [1.165, 1.54) is 0 Å². The number of hydrogen-bond donors (Lipinski definition) is 1. The van der Waals surface area contributed by atoms with Gasteiger partial charge in [-0.2, -0.15) is 13.2 Å². The molecule has 1 fully saturated rings. The number of carbonyl (C=O) groups is 2. The Labute approximate surface area is 189 Å². The summed E-state index contributed by atoms with van der Waals surface area (Å²) < 4.78 is 38.6. The summed E-state index contributed by atoms with van der Waals surface area (Å²) >= 11 is 6.09. The van der Waals surface area contributed by atoms with Gasteiger partial charge in [-0.05, 0) is 43.9 Å². The molecule has 2 aromatic heterocycles. The van der Waals surface area contributed by atoms with Crippen LogP contribution in [0.4, 0.5) is 24.8 Å². The number of aromatic nitrogens is 2. The molecule has 3 rings (SSSR count). The van der Waals surface area contributed by atoms with Crippen LogP contribution in [-0.2, 0) is 11.0 Å². The Bertz CT molecular complexity index is 1010. The van der Waals surface area contributed by atoms with Gasteiger partial charge in [0.05, 0.1) is 10.6 Å². The van der Waals surface area contributed by atoms with Crippen molar-refractivity contribution in [3.8, 4) is 0 Å². The number of anilines is 2. The van der Waals surface area contributed by atoms with Crippen molar-refractivity contribution >= 4 is 34.9 Å². The van der Waals surface area contributed by atoms with E-state index in [2.05, 4.69) is 15.3 Å². The second kappa shape index (κ2) is 9.85. The van der Waals surface area contributed by atoms with Crippen LogP contribution in [0.15, 0.2) is 24.4 Å². The van der Waals surface area contributed by atoms with E-state index in [1.54, 1.807) is 26.0 Å². The van der Waals surface area contributed by atoms with Gasteiger partial charge in [-0.25, -0.2) is 9.97 Å². The molecule has 32 heavy (non-hydrogen) atoms. The number of halogens is 4. The second-order valence-electron chi connectivity index (χ2n) is 7.89. The van der Waals surface area contributed by atoms with Gasteiger partial charge in [0.25, 0.3) is 0 Å². The molecule has 1 aliphatic rings. The van der Waals surface area contributed by atoms with Crippen LogP contribution in [0, 0.1) is 12.8 Å². The summed E-state index contributed by atoms with van der Waals surface area (Å²) in [5, 5.41) is 2.61. The highest BCUT2D eigenvalue weighted by Gasteiger charge is 2.32. The van der Waals surface area contributed by atoms with Gasteiger partial charge < -0.3 is 10.2 Å². The smallest absolute Gasteiger partial charge is 0.355 e. The van der Waals surface area contributed by atoms with E-state index in [1.807, 2.05) is 4.90 Å². The predicted octanol–water partition coefficient (Wildman–Crippen LogP) is 5.30. The van der Waals surface area contributed by atoms with Crippen LogP contribution < -0.4 is 10.2 Å². The average Bonchev–Trinajstić information content (AvgIpc) is 2.72. The van der Waals surface area contributed by atoms with E-state index < -0.39 is 11.7 Å². The number of amides is 1. The number of aryl methyl sites for hydroxylation is 1. The number of rotatable bonds is 6. The van der Waals surface area contributed by atoms with Gasteiger partial charge in [0.1, 0.15) is 11.6 Å².